The zero-order chi connectivity index (χ0) is 30.5. The number of benzene rings is 2. The monoisotopic (exact) mass is 626 g/mol. The van der Waals surface area contributed by atoms with Crippen molar-refractivity contribution in [2.24, 2.45) is 11.8 Å². The average molecular weight is 627 g/mol. The van der Waals surface area contributed by atoms with Crippen molar-refractivity contribution in [2.45, 2.75) is 81.2 Å². The van der Waals surface area contributed by atoms with Crippen LogP contribution in [0.1, 0.15) is 73.4 Å². The molecule has 1 saturated carbocycles. The topological polar surface area (TPSA) is 99.1 Å². The average Bonchev–Trinajstić information content (AvgIpc) is 3.11. The lowest BCUT2D eigenvalue weighted by Crippen LogP contribution is -2.49. The van der Waals surface area contributed by atoms with Crippen LogP contribution in [0.15, 0.2) is 48.6 Å². The van der Waals surface area contributed by atoms with Gasteiger partial charge in [-0.1, -0.05) is 31.2 Å². The van der Waals surface area contributed by atoms with Gasteiger partial charge in [0.05, 0.1) is 28.1 Å². The van der Waals surface area contributed by atoms with E-state index < -0.39 is 33.1 Å². The molecule has 3 N–H and O–H groups in total. The van der Waals surface area contributed by atoms with Crippen LogP contribution in [0.25, 0.3) is 0 Å². The first-order chi connectivity index (χ1) is 20.5. The van der Waals surface area contributed by atoms with E-state index in [9.17, 15) is 19.2 Å². The molecule has 1 spiro atoms. The first kappa shape index (κ1) is 30.5. The van der Waals surface area contributed by atoms with Crippen LogP contribution >= 0.6 is 11.6 Å². The van der Waals surface area contributed by atoms with Crippen molar-refractivity contribution < 1.29 is 24.0 Å². The predicted molar refractivity (Wildman–Crippen MR) is 174 cm³/mol. The van der Waals surface area contributed by atoms with Gasteiger partial charge in [-0.3, -0.25) is 9.52 Å². The largest absolute Gasteiger partial charge is 0.490 e. The molecule has 9 heteroatoms. The summed E-state index contributed by atoms with van der Waals surface area (Å²) in [4.78, 5) is 15.9. The van der Waals surface area contributed by atoms with Gasteiger partial charge in [-0.25, -0.2) is 4.21 Å². The molecule has 2 aliphatic carbocycles. The van der Waals surface area contributed by atoms with Crippen LogP contribution in [0.3, 0.4) is 0 Å². The number of aryl methyl sites for hydroxylation is 1. The van der Waals surface area contributed by atoms with E-state index in [-0.39, 0.29) is 23.7 Å². The van der Waals surface area contributed by atoms with Crippen LogP contribution in [-0.2, 0) is 21.5 Å². The number of hydrogen-bond acceptors (Lipinski definition) is 6. The Morgan fingerprint density at radius 1 is 1.16 bits per heavy atom. The number of carbonyl (C=O) groups is 1. The highest BCUT2D eigenvalue weighted by atomic mass is 35.5. The molecule has 1 amide bonds. The van der Waals surface area contributed by atoms with Crippen molar-refractivity contribution in [1.82, 2.24) is 4.72 Å². The minimum Gasteiger partial charge on any atom is -0.490 e. The number of ether oxygens (including phenoxy) is 1. The molecular weight excluding hydrogens is 584 g/mol. The Balaban J connectivity index is 1.43. The van der Waals surface area contributed by atoms with Gasteiger partial charge in [0.25, 0.3) is 5.91 Å². The van der Waals surface area contributed by atoms with Crippen molar-refractivity contribution in [3.05, 3.63) is 70.3 Å². The Hall–Kier alpha value is -2.52. The van der Waals surface area contributed by atoms with E-state index in [0.29, 0.717) is 49.4 Å². The molecule has 7 nitrogen and oxygen atoms in total. The summed E-state index contributed by atoms with van der Waals surface area (Å²) in [5, 5.41) is 22.3. The zero-order valence-corrected chi connectivity index (χ0v) is 26.5. The van der Waals surface area contributed by atoms with Gasteiger partial charge in [0.1, 0.15) is 11.9 Å². The Labute approximate surface area is 260 Å². The fourth-order valence-electron chi connectivity index (χ4n) is 7.76. The van der Waals surface area contributed by atoms with Gasteiger partial charge in [0.2, 0.25) is 0 Å². The van der Waals surface area contributed by atoms with Gasteiger partial charge < -0.3 is 19.8 Å². The number of carbonyl (C=O) groups excluding carboxylic acids is 1. The number of halogens is 1. The molecule has 1 fully saturated rings. The minimum absolute atomic E-state index is 0.0732. The first-order valence-corrected chi connectivity index (χ1v) is 17.7. The number of fused-ring (bicyclic) bond motifs is 4. The van der Waals surface area contributed by atoms with Crippen LogP contribution in [0.5, 0.6) is 5.75 Å². The summed E-state index contributed by atoms with van der Waals surface area (Å²) in [6.45, 7) is 8.06. The third kappa shape index (κ3) is 5.72. The van der Waals surface area contributed by atoms with E-state index in [1.54, 1.807) is 6.07 Å². The van der Waals surface area contributed by atoms with Crippen molar-refractivity contribution >= 4 is 38.8 Å². The van der Waals surface area contributed by atoms with Crippen LogP contribution in [0.4, 0.5) is 5.69 Å². The van der Waals surface area contributed by atoms with E-state index >= 15 is 0 Å². The second kappa shape index (κ2) is 11.8. The van der Waals surface area contributed by atoms with E-state index in [1.165, 1.54) is 11.1 Å². The summed E-state index contributed by atoms with van der Waals surface area (Å²) in [6, 6.07) is 11.6. The number of aliphatic hydroxyl groups excluding tert-OH is 2. The maximum atomic E-state index is 13.7. The summed E-state index contributed by atoms with van der Waals surface area (Å²) in [7, 11) is -3.03. The molecule has 2 aromatic rings. The van der Waals surface area contributed by atoms with Crippen LogP contribution in [0, 0.1) is 11.8 Å². The quantitative estimate of drug-likeness (QED) is 0.303. The SMILES string of the molecule is C=C1[C@@H](O)[C@H](O)CC[C@@H](CC)S(=C)(=O)NC(=O)c2ccc3c(c2)N(C[C@@H]2CC[C@@H]12)C[C@@]1(CCCc2cc(Cl)ccc21)CO3. The highest BCUT2D eigenvalue weighted by Crippen LogP contribution is 2.47. The van der Waals surface area contributed by atoms with E-state index in [0.717, 1.165) is 42.8 Å². The lowest BCUT2D eigenvalue weighted by Gasteiger charge is -2.46. The lowest BCUT2D eigenvalue weighted by atomic mass is 9.67. The van der Waals surface area contributed by atoms with Crippen molar-refractivity contribution in [3.63, 3.8) is 0 Å². The van der Waals surface area contributed by atoms with Gasteiger partial charge in [-0.2, -0.15) is 0 Å². The molecule has 4 aliphatic rings. The maximum absolute atomic E-state index is 13.7. The van der Waals surface area contributed by atoms with Crippen LogP contribution in [0.2, 0.25) is 5.02 Å². The highest BCUT2D eigenvalue weighted by molar-refractivity contribution is 7.99. The van der Waals surface area contributed by atoms with Crippen molar-refractivity contribution in [3.8, 4) is 5.75 Å². The van der Waals surface area contributed by atoms with E-state index in [1.807, 2.05) is 25.1 Å². The second-order valence-electron chi connectivity index (χ2n) is 13.1. The number of nitrogens with one attached hydrogen (secondary N) is 1. The van der Waals surface area contributed by atoms with Crippen molar-refractivity contribution in [1.29, 1.82) is 0 Å². The van der Waals surface area contributed by atoms with Gasteiger partial charge in [-0.05, 0) is 116 Å². The standard InChI is InChI=1S/C34H43ClN2O5S/c1-4-26-10-13-30(38)32(39)21(2)27-11-7-24(27)18-37-19-34(15-5-6-22-16-25(35)9-12-28(22)34)20-42-31-14-8-23(17-29(31)37)33(40)36-43(26,3)41/h8-9,12,14,16-17,24,26-27,30,32,38-39H,2-7,10-11,13,15,18-20H2,1H3,(H,36,40,41)/t24-,26+,27-,30+,32+,34-,43?/m0/s1. The molecule has 6 rings (SSSR count). The molecule has 2 heterocycles. The Morgan fingerprint density at radius 3 is 2.72 bits per heavy atom. The molecule has 7 atom stereocenters. The summed E-state index contributed by atoms with van der Waals surface area (Å²) in [5.74, 6) is 4.49. The lowest BCUT2D eigenvalue weighted by molar-refractivity contribution is 0.0203. The molecule has 0 saturated heterocycles. The molecule has 2 aromatic carbocycles. The Bertz CT molecular complexity index is 1530. The number of amides is 1. The maximum Gasteiger partial charge on any atom is 0.262 e. The number of anilines is 1. The number of rotatable bonds is 1. The summed E-state index contributed by atoms with van der Waals surface area (Å²) >= 11 is 6.40. The smallest absolute Gasteiger partial charge is 0.262 e. The third-order valence-electron chi connectivity index (χ3n) is 10.4. The number of hydrogen-bond donors (Lipinski definition) is 3. The fraction of sp³-hybridized carbons (Fsp3) is 0.529. The molecule has 0 radical (unpaired) electrons. The summed E-state index contributed by atoms with van der Waals surface area (Å²) in [6.07, 6.45) is 3.88. The normalized spacial score (nSPS) is 34.7. The highest BCUT2D eigenvalue weighted by Gasteiger charge is 2.44. The van der Waals surface area contributed by atoms with E-state index in [4.69, 9.17) is 16.3 Å². The van der Waals surface area contributed by atoms with E-state index in [2.05, 4.69) is 34.2 Å². The Morgan fingerprint density at radius 2 is 1.98 bits per heavy atom. The fourth-order valence-corrected chi connectivity index (χ4v) is 9.61. The summed E-state index contributed by atoms with van der Waals surface area (Å²) < 4.78 is 23.0. The van der Waals surface area contributed by atoms with Gasteiger partial charge >= 0.3 is 0 Å². The Kier molecular flexibility index (Phi) is 8.35. The predicted octanol–water partition coefficient (Wildman–Crippen LogP) is 5.05. The van der Waals surface area contributed by atoms with Crippen LogP contribution < -0.4 is 14.4 Å². The number of nitrogens with zero attached hydrogens (tertiary/aromatic N) is 1. The minimum atomic E-state index is -3.03. The van der Waals surface area contributed by atoms with Gasteiger partial charge in [-0.15, -0.1) is 0 Å². The van der Waals surface area contributed by atoms with Gasteiger partial charge in [0, 0.05) is 34.3 Å². The molecule has 2 aliphatic heterocycles. The first-order valence-electron chi connectivity index (χ1n) is 15.5. The molecule has 1 unspecified atom stereocenters. The summed E-state index contributed by atoms with van der Waals surface area (Å²) in [5.41, 5.74) is 4.16. The van der Waals surface area contributed by atoms with Crippen LogP contribution in [-0.4, -0.2) is 63.4 Å². The number of aliphatic hydroxyl groups is 2. The van der Waals surface area contributed by atoms with Crippen molar-refractivity contribution in [2.75, 3.05) is 24.6 Å². The van der Waals surface area contributed by atoms with Gasteiger partial charge in [0.15, 0.2) is 0 Å². The molecule has 232 valence electrons. The molecular formula is C34H43ClN2O5S. The molecule has 43 heavy (non-hydrogen) atoms. The third-order valence-corrected chi connectivity index (χ3v) is 12.8. The molecule has 2 bridgehead atoms. The zero-order valence-electron chi connectivity index (χ0n) is 24.9. The second-order valence-corrected chi connectivity index (χ2v) is 15.8. The molecule has 0 aromatic heterocycles.